The largest absolute Gasteiger partial charge is 0.302 e. The van der Waals surface area contributed by atoms with E-state index in [0.717, 1.165) is 12.7 Å². The van der Waals surface area contributed by atoms with Crippen LogP contribution in [-0.2, 0) is 4.79 Å². The number of hydrogen-bond donors (Lipinski definition) is 0. The lowest BCUT2D eigenvalue weighted by atomic mass is 9.64. The van der Waals surface area contributed by atoms with Crippen molar-refractivity contribution in [2.45, 2.75) is 81.1 Å². The van der Waals surface area contributed by atoms with Gasteiger partial charge in [0.05, 0.1) is 5.92 Å². The van der Waals surface area contributed by atoms with Gasteiger partial charge in [-0.25, -0.2) is 0 Å². The van der Waals surface area contributed by atoms with E-state index in [1.807, 2.05) is 0 Å². The zero-order valence-electron chi connectivity index (χ0n) is 17.5. The minimum absolute atomic E-state index is 0.00958. The van der Waals surface area contributed by atoms with Crippen LogP contribution >= 0.6 is 0 Å². The van der Waals surface area contributed by atoms with Crippen LogP contribution in [0.5, 0.6) is 0 Å². The van der Waals surface area contributed by atoms with Crippen molar-refractivity contribution < 1.29 is 4.79 Å². The molecule has 138 valence electrons. The van der Waals surface area contributed by atoms with Crippen LogP contribution < -0.4 is 0 Å². The summed E-state index contributed by atoms with van der Waals surface area (Å²) in [5.74, 6) is -0.00958. The standard InChI is InChI=1S/C24H36O/c1-16(11-12-21-17(2)10-9-13-24(21,7)8)14-19-20(15-25)18(3)22(19)23(4,5)6/h11,14-15,20H,9-10,12-13H2,1-8H3/b16-11+,19-14+. The van der Waals surface area contributed by atoms with E-state index in [2.05, 4.69) is 67.5 Å². The van der Waals surface area contributed by atoms with Gasteiger partial charge in [-0.05, 0) is 68.4 Å². The fraction of sp³-hybridized carbons (Fsp3) is 0.625. The zero-order valence-corrected chi connectivity index (χ0v) is 17.5. The molecule has 0 aromatic carbocycles. The second kappa shape index (κ2) is 7.09. The van der Waals surface area contributed by atoms with E-state index >= 15 is 0 Å². The molecule has 0 saturated heterocycles. The topological polar surface area (TPSA) is 17.1 Å². The predicted octanol–water partition coefficient (Wildman–Crippen LogP) is 6.97. The summed E-state index contributed by atoms with van der Waals surface area (Å²) in [5.41, 5.74) is 8.72. The molecule has 0 N–H and O–H groups in total. The SMILES string of the molecule is CC1=C(C/C=C(C)/C=C2/C(C(C)(C)C)=C(C)C2C=O)C(C)(C)CCC1. The Bertz CT molecular complexity index is 671. The fourth-order valence-electron chi connectivity index (χ4n) is 4.75. The van der Waals surface area contributed by atoms with Gasteiger partial charge in [0, 0.05) is 0 Å². The summed E-state index contributed by atoms with van der Waals surface area (Å²) in [5, 5.41) is 0. The average Bonchev–Trinajstić information content (AvgIpc) is 2.44. The maximum Gasteiger partial charge on any atom is 0.131 e. The van der Waals surface area contributed by atoms with Gasteiger partial charge in [-0.1, -0.05) is 69.1 Å². The smallest absolute Gasteiger partial charge is 0.131 e. The Hall–Kier alpha value is -1.37. The highest BCUT2D eigenvalue weighted by Crippen LogP contribution is 2.48. The third-order valence-electron chi connectivity index (χ3n) is 6.07. The van der Waals surface area contributed by atoms with Gasteiger partial charge >= 0.3 is 0 Å². The first-order valence-electron chi connectivity index (χ1n) is 9.73. The van der Waals surface area contributed by atoms with Crippen LogP contribution in [0.3, 0.4) is 0 Å². The molecule has 0 aromatic rings. The molecular formula is C24H36O. The van der Waals surface area contributed by atoms with Crippen molar-refractivity contribution in [3.63, 3.8) is 0 Å². The third-order valence-corrected chi connectivity index (χ3v) is 6.07. The Morgan fingerprint density at radius 3 is 2.40 bits per heavy atom. The molecule has 0 saturated carbocycles. The van der Waals surface area contributed by atoms with Gasteiger partial charge in [0.2, 0.25) is 0 Å². The molecule has 0 fully saturated rings. The molecule has 1 unspecified atom stereocenters. The molecule has 0 heterocycles. The van der Waals surface area contributed by atoms with Crippen molar-refractivity contribution in [3.8, 4) is 0 Å². The van der Waals surface area contributed by atoms with Crippen LogP contribution in [0.1, 0.15) is 81.1 Å². The Kier molecular flexibility index (Phi) is 5.66. The Balaban J connectivity index is 2.26. The van der Waals surface area contributed by atoms with Crippen molar-refractivity contribution >= 4 is 6.29 Å². The summed E-state index contributed by atoms with van der Waals surface area (Å²) in [6.07, 6.45) is 10.6. The van der Waals surface area contributed by atoms with Gasteiger partial charge in [-0.15, -0.1) is 0 Å². The van der Waals surface area contributed by atoms with Crippen LogP contribution in [-0.4, -0.2) is 6.29 Å². The van der Waals surface area contributed by atoms with Gasteiger partial charge in [-0.2, -0.15) is 0 Å². The highest BCUT2D eigenvalue weighted by molar-refractivity contribution is 5.75. The molecule has 0 radical (unpaired) electrons. The summed E-state index contributed by atoms with van der Waals surface area (Å²) < 4.78 is 0. The molecule has 1 heteroatoms. The first-order valence-corrected chi connectivity index (χ1v) is 9.73. The normalized spacial score (nSPS) is 26.2. The molecule has 2 rings (SSSR count). The number of allylic oxidation sites excluding steroid dienone is 8. The molecule has 2 aliphatic carbocycles. The van der Waals surface area contributed by atoms with Crippen LogP contribution in [0.15, 0.2) is 45.6 Å². The van der Waals surface area contributed by atoms with Crippen LogP contribution in [0.4, 0.5) is 0 Å². The van der Waals surface area contributed by atoms with Crippen LogP contribution in [0.2, 0.25) is 0 Å². The van der Waals surface area contributed by atoms with E-state index in [0.29, 0.717) is 5.41 Å². The molecule has 0 amide bonds. The van der Waals surface area contributed by atoms with Gasteiger partial charge in [0.25, 0.3) is 0 Å². The summed E-state index contributed by atoms with van der Waals surface area (Å²) in [7, 11) is 0. The fourth-order valence-corrected chi connectivity index (χ4v) is 4.75. The highest BCUT2D eigenvalue weighted by Gasteiger charge is 2.37. The van der Waals surface area contributed by atoms with Gasteiger partial charge in [-0.3, -0.25) is 0 Å². The maximum atomic E-state index is 11.5. The van der Waals surface area contributed by atoms with Crippen LogP contribution in [0.25, 0.3) is 0 Å². The minimum Gasteiger partial charge on any atom is -0.302 e. The zero-order chi connectivity index (χ0) is 19.0. The predicted molar refractivity (Wildman–Crippen MR) is 108 cm³/mol. The molecule has 0 aliphatic heterocycles. The first-order chi connectivity index (χ1) is 11.5. The van der Waals surface area contributed by atoms with E-state index in [-0.39, 0.29) is 11.3 Å². The third kappa shape index (κ3) is 4.07. The second-order valence-corrected chi connectivity index (χ2v) is 9.67. The lowest BCUT2D eigenvalue weighted by Gasteiger charge is -2.40. The number of rotatable bonds is 4. The van der Waals surface area contributed by atoms with E-state index in [4.69, 9.17) is 0 Å². The van der Waals surface area contributed by atoms with Gasteiger partial charge in [0.1, 0.15) is 6.29 Å². The molecule has 2 aliphatic rings. The number of aldehydes is 1. The minimum atomic E-state index is -0.00958. The lowest BCUT2D eigenvalue weighted by molar-refractivity contribution is -0.109. The molecule has 1 nitrogen and oxygen atoms in total. The summed E-state index contributed by atoms with van der Waals surface area (Å²) in [4.78, 5) is 11.5. The van der Waals surface area contributed by atoms with E-state index in [1.54, 1.807) is 11.1 Å². The highest BCUT2D eigenvalue weighted by atomic mass is 16.1. The van der Waals surface area contributed by atoms with Gasteiger partial charge < -0.3 is 4.79 Å². The molecule has 0 aromatic heterocycles. The van der Waals surface area contributed by atoms with E-state index in [1.165, 1.54) is 41.6 Å². The van der Waals surface area contributed by atoms with Crippen molar-refractivity contribution in [3.05, 3.63) is 45.6 Å². The molecule has 1 atom stereocenters. The van der Waals surface area contributed by atoms with Crippen molar-refractivity contribution in [2.24, 2.45) is 16.7 Å². The molecule has 0 spiro atoms. The Morgan fingerprint density at radius 2 is 1.88 bits per heavy atom. The average molecular weight is 341 g/mol. The Labute approximate surface area is 155 Å². The van der Waals surface area contributed by atoms with Crippen molar-refractivity contribution in [2.75, 3.05) is 0 Å². The second-order valence-electron chi connectivity index (χ2n) is 9.67. The van der Waals surface area contributed by atoms with Gasteiger partial charge in [0.15, 0.2) is 0 Å². The van der Waals surface area contributed by atoms with Crippen LogP contribution in [0, 0.1) is 16.7 Å². The Morgan fingerprint density at radius 1 is 1.24 bits per heavy atom. The quantitative estimate of drug-likeness (QED) is 0.399. The maximum absolute atomic E-state index is 11.5. The lowest BCUT2D eigenvalue weighted by Crippen LogP contribution is -2.30. The van der Waals surface area contributed by atoms with E-state index in [9.17, 15) is 4.79 Å². The monoisotopic (exact) mass is 340 g/mol. The summed E-state index contributed by atoms with van der Waals surface area (Å²) in [6.45, 7) is 18.0. The summed E-state index contributed by atoms with van der Waals surface area (Å²) >= 11 is 0. The molecule has 0 bridgehead atoms. The first kappa shape index (κ1) is 19.9. The van der Waals surface area contributed by atoms with Crippen molar-refractivity contribution in [1.29, 1.82) is 0 Å². The number of carbonyl (C=O) groups is 1. The summed E-state index contributed by atoms with van der Waals surface area (Å²) in [6, 6.07) is 0. The molecular weight excluding hydrogens is 304 g/mol. The molecule has 25 heavy (non-hydrogen) atoms. The number of hydrogen-bond acceptors (Lipinski definition) is 1. The van der Waals surface area contributed by atoms with E-state index < -0.39 is 0 Å². The number of carbonyl (C=O) groups excluding carboxylic acids is 1. The van der Waals surface area contributed by atoms with Crippen molar-refractivity contribution in [1.82, 2.24) is 0 Å².